The topological polar surface area (TPSA) is 39.9 Å². The molecule has 0 spiro atoms. The molecular formula is C8H15BrClN3OSi. The van der Waals surface area contributed by atoms with E-state index in [4.69, 9.17) is 16.3 Å². The molecule has 1 aromatic rings. The second-order valence-corrected chi connectivity index (χ2v) is 11.2. The standard InChI is InChI=1S/C8H15BrClN3OSi/c1-15(2,3)5-4-14-6-13-8(10)11-7(9)12-13/h4-6H2,1-3H3. The number of nitrogens with zero attached hydrogens (tertiary/aromatic N) is 3. The molecule has 86 valence electrons. The molecular weight excluding hydrogens is 298 g/mol. The molecule has 15 heavy (non-hydrogen) atoms. The molecule has 0 aromatic carbocycles. The van der Waals surface area contributed by atoms with Gasteiger partial charge in [0.2, 0.25) is 10.0 Å². The maximum absolute atomic E-state index is 5.80. The van der Waals surface area contributed by atoms with Crippen molar-refractivity contribution in [1.82, 2.24) is 14.8 Å². The Labute approximate surface area is 104 Å². The Balaban J connectivity index is 2.29. The van der Waals surface area contributed by atoms with Crippen molar-refractivity contribution in [2.75, 3.05) is 6.61 Å². The number of aromatic nitrogens is 3. The molecule has 1 heterocycles. The molecule has 0 saturated heterocycles. The maximum atomic E-state index is 5.80. The molecule has 4 nitrogen and oxygen atoms in total. The van der Waals surface area contributed by atoms with Gasteiger partial charge in [-0.05, 0) is 33.6 Å². The summed E-state index contributed by atoms with van der Waals surface area (Å²) in [6.07, 6.45) is 0. The van der Waals surface area contributed by atoms with Crippen LogP contribution in [0.5, 0.6) is 0 Å². The first-order valence-corrected chi connectivity index (χ1v) is 9.60. The first kappa shape index (κ1) is 13.2. The molecule has 0 unspecified atom stereocenters. The summed E-state index contributed by atoms with van der Waals surface area (Å²) in [6, 6.07) is 1.14. The average molecular weight is 313 g/mol. The Bertz CT molecular complexity index is 326. The normalized spacial score (nSPS) is 12.1. The molecule has 1 aromatic heterocycles. The first-order valence-electron chi connectivity index (χ1n) is 4.72. The number of halogens is 2. The Kier molecular flexibility index (Phi) is 4.76. The van der Waals surface area contributed by atoms with Gasteiger partial charge in [0.15, 0.2) is 0 Å². The summed E-state index contributed by atoms with van der Waals surface area (Å²) >= 11 is 8.95. The summed E-state index contributed by atoms with van der Waals surface area (Å²) in [5, 5.41) is 4.36. The van der Waals surface area contributed by atoms with Crippen molar-refractivity contribution >= 4 is 35.6 Å². The molecule has 0 fully saturated rings. The molecule has 0 bridgehead atoms. The van der Waals surface area contributed by atoms with Crippen LogP contribution in [0.1, 0.15) is 0 Å². The van der Waals surface area contributed by atoms with Crippen LogP contribution in [0.25, 0.3) is 0 Å². The molecule has 0 N–H and O–H groups in total. The fourth-order valence-electron chi connectivity index (χ4n) is 0.909. The zero-order valence-corrected chi connectivity index (χ0v) is 12.5. The van der Waals surface area contributed by atoms with Gasteiger partial charge in [-0.1, -0.05) is 19.6 Å². The molecule has 0 aliphatic heterocycles. The van der Waals surface area contributed by atoms with Crippen molar-refractivity contribution in [3.8, 4) is 0 Å². The van der Waals surface area contributed by atoms with E-state index < -0.39 is 8.07 Å². The molecule has 0 amide bonds. The first-order chi connectivity index (χ1) is 6.88. The van der Waals surface area contributed by atoms with E-state index in [1.54, 1.807) is 0 Å². The highest BCUT2D eigenvalue weighted by atomic mass is 79.9. The lowest BCUT2D eigenvalue weighted by molar-refractivity contribution is 0.0784. The summed E-state index contributed by atoms with van der Waals surface area (Å²) in [4.78, 5) is 3.90. The summed E-state index contributed by atoms with van der Waals surface area (Å²) in [5.41, 5.74) is 0. The van der Waals surface area contributed by atoms with Gasteiger partial charge in [-0.15, -0.1) is 5.10 Å². The molecule has 0 aliphatic rings. The van der Waals surface area contributed by atoms with Crippen LogP contribution in [0.15, 0.2) is 4.73 Å². The minimum Gasteiger partial charge on any atom is -0.359 e. The van der Waals surface area contributed by atoms with Gasteiger partial charge in [0.1, 0.15) is 6.73 Å². The van der Waals surface area contributed by atoms with Crippen LogP contribution in [0.3, 0.4) is 0 Å². The Hall–Kier alpha value is 0.0869. The van der Waals surface area contributed by atoms with Crippen molar-refractivity contribution in [1.29, 1.82) is 0 Å². The third-order valence-corrected chi connectivity index (χ3v) is 4.13. The highest BCUT2D eigenvalue weighted by Crippen LogP contribution is 2.11. The summed E-state index contributed by atoms with van der Waals surface area (Å²) in [5.74, 6) is 0. The van der Waals surface area contributed by atoms with E-state index in [1.165, 1.54) is 4.68 Å². The van der Waals surface area contributed by atoms with Gasteiger partial charge in [0.25, 0.3) is 0 Å². The van der Waals surface area contributed by atoms with Crippen LogP contribution in [0.2, 0.25) is 31.0 Å². The molecule has 0 radical (unpaired) electrons. The lowest BCUT2D eigenvalue weighted by atomic mass is 10.8. The van der Waals surface area contributed by atoms with Crippen LogP contribution < -0.4 is 0 Å². The minimum absolute atomic E-state index is 0.342. The second-order valence-electron chi connectivity index (χ2n) is 4.50. The van der Waals surface area contributed by atoms with Gasteiger partial charge in [-0.3, -0.25) is 0 Å². The van der Waals surface area contributed by atoms with E-state index in [0.717, 1.165) is 12.7 Å². The van der Waals surface area contributed by atoms with E-state index in [1.807, 2.05) is 0 Å². The Morgan fingerprint density at radius 1 is 1.47 bits per heavy atom. The van der Waals surface area contributed by atoms with Crippen LogP contribution in [-0.2, 0) is 11.5 Å². The summed E-state index contributed by atoms with van der Waals surface area (Å²) in [6.45, 7) is 8.06. The fraction of sp³-hybridized carbons (Fsp3) is 0.750. The lowest BCUT2D eigenvalue weighted by Gasteiger charge is -2.15. The monoisotopic (exact) mass is 311 g/mol. The number of hydrogen-bond donors (Lipinski definition) is 0. The van der Waals surface area contributed by atoms with Crippen molar-refractivity contribution in [2.24, 2.45) is 0 Å². The quantitative estimate of drug-likeness (QED) is 0.620. The van der Waals surface area contributed by atoms with Crippen LogP contribution in [0.4, 0.5) is 0 Å². The van der Waals surface area contributed by atoms with Gasteiger partial charge in [0, 0.05) is 14.7 Å². The SMILES string of the molecule is C[Si](C)(C)CCOCn1nc(Br)nc1Cl. The maximum Gasteiger partial charge on any atom is 0.224 e. The van der Waals surface area contributed by atoms with Crippen LogP contribution in [0, 0.1) is 0 Å². The molecule has 0 aliphatic carbocycles. The average Bonchev–Trinajstić information content (AvgIpc) is 2.37. The summed E-state index contributed by atoms with van der Waals surface area (Å²) in [7, 11) is -1.02. The summed E-state index contributed by atoms with van der Waals surface area (Å²) < 4.78 is 7.49. The molecule has 1 rings (SSSR count). The van der Waals surface area contributed by atoms with Crippen molar-refractivity contribution in [3.63, 3.8) is 0 Å². The van der Waals surface area contributed by atoms with E-state index in [2.05, 4.69) is 45.7 Å². The minimum atomic E-state index is -1.02. The third-order valence-electron chi connectivity index (χ3n) is 1.81. The fourth-order valence-corrected chi connectivity index (χ4v) is 2.29. The zero-order valence-electron chi connectivity index (χ0n) is 9.13. The van der Waals surface area contributed by atoms with Gasteiger partial charge in [-0.25, -0.2) is 4.68 Å². The van der Waals surface area contributed by atoms with Gasteiger partial charge in [-0.2, -0.15) is 4.98 Å². The number of ether oxygens (including phenoxy) is 1. The van der Waals surface area contributed by atoms with Crippen LogP contribution >= 0.6 is 27.5 Å². The third kappa shape index (κ3) is 5.10. The van der Waals surface area contributed by atoms with Gasteiger partial charge in [0.05, 0.1) is 0 Å². The predicted molar refractivity (Wildman–Crippen MR) is 66.8 cm³/mol. The van der Waals surface area contributed by atoms with E-state index in [-0.39, 0.29) is 0 Å². The molecule has 0 atom stereocenters. The number of rotatable bonds is 5. The number of hydrogen-bond acceptors (Lipinski definition) is 3. The second kappa shape index (κ2) is 5.43. The highest BCUT2D eigenvalue weighted by molar-refractivity contribution is 9.10. The highest BCUT2D eigenvalue weighted by Gasteiger charge is 2.12. The predicted octanol–water partition coefficient (Wildman–Crippen LogP) is 3.01. The van der Waals surface area contributed by atoms with Gasteiger partial charge >= 0.3 is 0 Å². The Morgan fingerprint density at radius 2 is 2.13 bits per heavy atom. The Morgan fingerprint density at radius 3 is 2.60 bits per heavy atom. The van der Waals surface area contributed by atoms with Crippen LogP contribution in [-0.4, -0.2) is 29.4 Å². The van der Waals surface area contributed by atoms with E-state index in [9.17, 15) is 0 Å². The molecule has 0 saturated carbocycles. The van der Waals surface area contributed by atoms with Crippen molar-refractivity contribution < 1.29 is 4.74 Å². The molecule has 7 heteroatoms. The van der Waals surface area contributed by atoms with E-state index >= 15 is 0 Å². The largest absolute Gasteiger partial charge is 0.359 e. The van der Waals surface area contributed by atoms with Crippen molar-refractivity contribution in [3.05, 3.63) is 10.0 Å². The zero-order chi connectivity index (χ0) is 11.5. The smallest absolute Gasteiger partial charge is 0.224 e. The van der Waals surface area contributed by atoms with Crippen molar-refractivity contribution in [2.45, 2.75) is 32.4 Å². The lowest BCUT2D eigenvalue weighted by Crippen LogP contribution is -2.22. The van der Waals surface area contributed by atoms with E-state index in [0.29, 0.717) is 16.7 Å². The van der Waals surface area contributed by atoms with Gasteiger partial charge < -0.3 is 4.74 Å².